The number of amides is 1. The molecule has 0 bridgehead atoms. The van der Waals surface area contributed by atoms with E-state index in [1.54, 1.807) is 0 Å². The lowest BCUT2D eigenvalue weighted by Gasteiger charge is -2.43. The smallest absolute Gasteiger partial charge is 0.223 e. The van der Waals surface area contributed by atoms with Crippen molar-refractivity contribution in [3.05, 3.63) is 29.8 Å². The van der Waals surface area contributed by atoms with Gasteiger partial charge < -0.3 is 14.5 Å². The Hall–Kier alpha value is -1.55. The number of carbonyl (C=O) groups is 1. The van der Waals surface area contributed by atoms with E-state index in [2.05, 4.69) is 48.2 Å². The first-order valence-corrected chi connectivity index (χ1v) is 11.3. The van der Waals surface area contributed by atoms with Gasteiger partial charge in [-0.3, -0.25) is 4.79 Å². The maximum Gasteiger partial charge on any atom is 0.223 e. The summed E-state index contributed by atoms with van der Waals surface area (Å²) in [6, 6.07) is 8.94. The molecule has 4 nitrogen and oxygen atoms in total. The summed E-state index contributed by atoms with van der Waals surface area (Å²) < 4.78 is 6.66. The lowest BCUT2D eigenvalue weighted by atomic mass is 9.81. The molecular formula is C24H36N2O2. The normalized spacial score (nSPS) is 28.2. The minimum Gasteiger partial charge on any atom is -0.485 e. The van der Waals surface area contributed by atoms with Gasteiger partial charge in [0, 0.05) is 24.6 Å². The highest BCUT2D eigenvalue weighted by molar-refractivity contribution is 5.76. The third kappa shape index (κ3) is 4.37. The van der Waals surface area contributed by atoms with Crippen LogP contribution in [0.3, 0.4) is 0 Å². The van der Waals surface area contributed by atoms with Gasteiger partial charge in [-0.2, -0.15) is 0 Å². The van der Waals surface area contributed by atoms with Gasteiger partial charge in [-0.1, -0.05) is 43.9 Å². The molecule has 0 N–H and O–H groups in total. The zero-order valence-corrected chi connectivity index (χ0v) is 17.7. The van der Waals surface area contributed by atoms with E-state index < -0.39 is 0 Å². The number of rotatable bonds is 4. The number of carbonyl (C=O) groups excluding carboxylic acids is 1. The summed E-state index contributed by atoms with van der Waals surface area (Å²) >= 11 is 0. The highest BCUT2D eigenvalue weighted by atomic mass is 16.5. The molecule has 1 aromatic carbocycles. The quantitative estimate of drug-likeness (QED) is 0.759. The monoisotopic (exact) mass is 384 g/mol. The summed E-state index contributed by atoms with van der Waals surface area (Å²) in [6.45, 7) is 1.43. The van der Waals surface area contributed by atoms with Crippen LogP contribution in [-0.4, -0.2) is 48.0 Å². The van der Waals surface area contributed by atoms with E-state index in [0.717, 1.165) is 55.9 Å². The van der Waals surface area contributed by atoms with Crippen LogP contribution in [0.1, 0.15) is 69.8 Å². The number of fused-ring (bicyclic) bond motifs is 1. The van der Waals surface area contributed by atoms with E-state index in [-0.39, 0.29) is 5.60 Å². The van der Waals surface area contributed by atoms with Crippen molar-refractivity contribution in [3.8, 4) is 5.75 Å². The van der Waals surface area contributed by atoms with Gasteiger partial charge in [-0.15, -0.1) is 0 Å². The maximum atomic E-state index is 13.2. The topological polar surface area (TPSA) is 32.8 Å². The second-order valence-electron chi connectivity index (χ2n) is 9.53. The molecule has 0 saturated heterocycles. The number of hydrogen-bond acceptors (Lipinski definition) is 3. The van der Waals surface area contributed by atoms with Crippen molar-refractivity contribution >= 4 is 5.91 Å². The highest BCUT2D eigenvalue weighted by Crippen LogP contribution is 2.39. The second kappa shape index (κ2) is 8.44. The van der Waals surface area contributed by atoms with E-state index in [0.29, 0.717) is 24.9 Å². The fraction of sp³-hybridized carbons (Fsp3) is 0.708. The van der Waals surface area contributed by atoms with Crippen LogP contribution in [0.4, 0.5) is 0 Å². The molecule has 1 spiro atoms. The van der Waals surface area contributed by atoms with Crippen molar-refractivity contribution in [2.45, 2.75) is 82.4 Å². The first-order chi connectivity index (χ1) is 13.5. The maximum absolute atomic E-state index is 13.2. The van der Waals surface area contributed by atoms with Crippen molar-refractivity contribution in [3.63, 3.8) is 0 Å². The number of para-hydroxylation sites is 1. The van der Waals surface area contributed by atoms with E-state index >= 15 is 0 Å². The lowest BCUT2D eigenvalue weighted by Crippen LogP contribution is -2.51. The van der Waals surface area contributed by atoms with Crippen LogP contribution in [0.25, 0.3) is 0 Å². The molecule has 0 radical (unpaired) electrons. The van der Waals surface area contributed by atoms with Crippen LogP contribution >= 0.6 is 0 Å². The molecular weight excluding hydrogens is 348 g/mol. The first kappa shape index (κ1) is 19.8. The van der Waals surface area contributed by atoms with Gasteiger partial charge in [0.05, 0.1) is 6.54 Å². The van der Waals surface area contributed by atoms with Crippen LogP contribution in [0, 0.1) is 5.92 Å². The van der Waals surface area contributed by atoms with Gasteiger partial charge in [0.2, 0.25) is 5.91 Å². The third-order valence-corrected chi connectivity index (χ3v) is 7.33. The van der Waals surface area contributed by atoms with Gasteiger partial charge in [-0.25, -0.2) is 0 Å². The zero-order valence-electron chi connectivity index (χ0n) is 17.7. The summed E-state index contributed by atoms with van der Waals surface area (Å²) in [6.07, 6.45) is 11.4. The molecule has 1 aliphatic heterocycles. The Labute approximate surface area is 170 Å². The molecule has 1 heterocycles. The Morgan fingerprint density at radius 1 is 1.14 bits per heavy atom. The van der Waals surface area contributed by atoms with Crippen molar-refractivity contribution in [2.24, 2.45) is 5.92 Å². The number of nitrogens with zero attached hydrogens (tertiary/aromatic N) is 2. The average Bonchev–Trinajstić information content (AvgIpc) is 3.15. The summed E-state index contributed by atoms with van der Waals surface area (Å²) in [5.41, 5.74) is 0.936. The molecule has 4 rings (SSSR count). The molecule has 4 heteroatoms. The zero-order chi connectivity index (χ0) is 19.6. The summed E-state index contributed by atoms with van der Waals surface area (Å²) in [5.74, 6) is 2.07. The standard InChI is InChI=1S/C24H36N2O2/c1-25(2)21-13-15-24(16-14-21)18-26(17-20-9-5-6-10-22(20)28-24)23(27)12-11-19-7-3-4-8-19/h5-6,9-10,19,21H,3-4,7-8,11-18H2,1-2H3. The molecule has 28 heavy (non-hydrogen) atoms. The first-order valence-electron chi connectivity index (χ1n) is 11.3. The van der Waals surface area contributed by atoms with Gasteiger partial charge in [-0.05, 0) is 58.2 Å². The fourth-order valence-corrected chi connectivity index (χ4v) is 5.48. The molecule has 0 atom stereocenters. The number of ether oxygens (including phenoxy) is 1. The third-order valence-electron chi connectivity index (χ3n) is 7.33. The Kier molecular flexibility index (Phi) is 5.96. The van der Waals surface area contributed by atoms with Crippen LogP contribution in [0.2, 0.25) is 0 Å². The predicted molar refractivity (Wildman–Crippen MR) is 112 cm³/mol. The Morgan fingerprint density at radius 2 is 1.86 bits per heavy atom. The van der Waals surface area contributed by atoms with Crippen molar-refractivity contribution in [1.29, 1.82) is 0 Å². The molecule has 3 aliphatic rings. The molecule has 0 unspecified atom stereocenters. The molecule has 2 fully saturated rings. The van der Waals surface area contributed by atoms with E-state index in [4.69, 9.17) is 4.74 Å². The summed E-state index contributed by atoms with van der Waals surface area (Å²) in [5, 5.41) is 0. The molecule has 1 amide bonds. The molecule has 1 aromatic rings. The fourth-order valence-electron chi connectivity index (χ4n) is 5.48. The highest BCUT2D eigenvalue weighted by Gasteiger charge is 2.42. The van der Waals surface area contributed by atoms with E-state index in [1.807, 2.05) is 0 Å². The van der Waals surface area contributed by atoms with Crippen LogP contribution in [-0.2, 0) is 11.3 Å². The minimum atomic E-state index is -0.220. The van der Waals surface area contributed by atoms with Gasteiger partial charge in [0.1, 0.15) is 11.4 Å². The van der Waals surface area contributed by atoms with Crippen molar-refractivity contribution < 1.29 is 9.53 Å². The van der Waals surface area contributed by atoms with Crippen LogP contribution in [0.5, 0.6) is 5.75 Å². The SMILES string of the molecule is CN(C)C1CCC2(CC1)CN(C(=O)CCC1CCCC1)Cc1ccccc1O2. The van der Waals surface area contributed by atoms with E-state index in [9.17, 15) is 4.79 Å². The molecule has 2 saturated carbocycles. The van der Waals surface area contributed by atoms with Crippen molar-refractivity contribution in [1.82, 2.24) is 9.80 Å². The molecule has 154 valence electrons. The van der Waals surface area contributed by atoms with Gasteiger partial charge >= 0.3 is 0 Å². The average molecular weight is 385 g/mol. The van der Waals surface area contributed by atoms with E-state index in [1.165, 1.54) is 25.7 Å². The second-order valence-corrected chi connectivity index (χ2v) is 9.53. The van der Waals surface area contributed by atoms with Gasteiger partial charge in [0.15, 0.2) is 0 Å². The molecule has 2 aliphatic carbocycles. The predicted octanol–water partition coefficient (Wildman–Crippen LogP) is 4.62. The number of benzene rings is 1. The minimum absolute atomic E-state index is 0.220. The van der Waals surface area contributed by atoms with Gasteiger partial charge in [0.25, 0.3) is 0 Å². The van der Waals surface area contributed by atoms with Crippen molar-refractivity contribution in [2.75, 3.05) is 20.6 Å². The Morgan fingerprint density at radius 3 is 2.57 bits per heavy atom. The molecule has 0 aromatic heterocycles. The number of hydrogen-bond donors (Lipinski definition) is 0. The summed E-state index contributed by atoms with van der Waals surface area (Å²) in [7, 11) is 4.34. The van der Waals surface area contributed by atoms with Crippen LogP contribution in [0.15, 0.2) is 24.3 Å². The lowest BCUT2D eigenvalue weighted by molar-refractivity contribution is -0.135. The Bertz CT molecular complexity index is 673. The largest absolute Gasteiger partial charge is 0.485 e. The summed E-state index contributed by atoms with van der Waals surface area (Å²) in [4.78, 5) is 17.6. The Balaban J connectivity index is 1.49. The van der Waals surface area contributed by atoms with Crippen LogP contribution < -0.4 is 4.74 Å².